The number of esters is 1. The Morgan fingerprint density at radius 2 is 2.10 bits per heavy atom. The summed E-state index contributed by atoms with van der Waals surface area (Å²) in [6, 6.07) is 5.57. The molecular formula is C26H30O5. The van der Waals surface area contributed by atoms with Crippen molar-refractivity contribution in [3.63, 3.8) is 0 Å². The molecule has 0 bridgehead atoms. The Morgan fingerprint density at radius 3 is 2.77 bits per heavy atom. The van der Waals surface area contributed by atoms with E-state index in [1.54, 1.807) is 13.0 Å². The first-order chi connectivity index (χ1) is 14.7. The zero-order valence-electron chi connectivity index (χ0n) is 18.9. The van der Waals surface area contributed by atoms with Gasteiger partial charge in [0.2, 0.25) is 5.43 Å². The van der Waals surface area contributed by atoms with Crippen LogP contribution < -0.4 is 10.2 Å². The van der Waals surface area contributed by atoms with Gasteiger partial charge in [-0.2, -0.15) is 0 Å². The molecule has 2 unspecified atom stereocenters. The monoisotopic (exact) mass is 422 g/mol. The molecule has 31 heavy (non-hydrogen) atoms. The zero-order valence-corrected chi connectivity index (χ0v) is 18.9. The molecule has 0 amide bonds. The summed E-state index contributed by atoms with van der Waals surface area (Å²) in [4.78, 5) is 24.8. The maximum absolute atomic E-state index is 13.3. The molecule has 2 aromatic rings. The molecule has 1 aromatic heterocycles. The second-order valence-corrected chi connectivity index (χ2v) is 8.45. The molecule has 5 heteroatoms. The van der Waals surface area contributed by atoms with E-state index in [0.717, 1.165) is 24.0 Å². The van der Waals surface area contributed by atoms with Crippen molar-refractivity contribution in [2.45, 2.75) is 58.5 Å². The normalized spacial score (nSPS) is 21.4. The van der Waals surface area contributed by atoms with Crippen LogP contribution in [0.25, 0.3) is 11.0 Å². The van der Waals surface area contributed by atoms with Crippen molar-refractivity contribution in [1.82, 2.24) is 0 Å². The standard InChI is InChI=1S/C26H30O5/c1-7-26(5)15-19(14-16(2)10-8-12-18(4)24(28)29-6)30-25-22(26)23(27)21-17(3)11-9-13-20(21)31-25/h7,9,11-14,19H,1,8,10,15H2,2-6H3. The van der Waals surface area contributed by atoms with Crippen LogP contribution in [0.15, 0.2) is 63.4 Å². The van der Waals surface area contributed by atoms with Crippen LogP contribution >= 0.6 is 0 Å². The summed E-state index contributed by atoms with van der Waals surface area (Å²) in [5, 5.41) is 0.593. The van der Waals surface area contributed by atoms with Gasteiger partial charge in [-0.25, -0.2) is 4.79 Å². The summed E-state index contributed by atoms with van der Waals surface area (Å²) in [5.74, 6) is -0.0414. The minimum Gasteiger partial charge on any atom is -0.466 e. The number of rotatable bonds is 6. The summed E-state index contributed by atoms with van der Waals surface area (Å²) < 4.78 is 16.9. The lowest BCUT2D eigenvalue weighted by Gasteiger charge is -2.35. The van der Waals surface area contributed by atoms with Crippen molar-refractivity contribution in [3.05, 3.63) is 75.5 Å². The zero-order chi connectivity index (χ0) is 22.8. The highest BCUT2D eigenvalue weighted by Gasteiger charge is 2.40. The minimum atomic E-state index is -0.562. The molecule has 0 spiro atoms. The average Bonchev–Trinajstić information content (AvgIpc) is 2.72. The lowest BCUT2D eigenvalue weighted by molar-refractivity contribution is -0.136. The molecule has 0 radical (unpaired) electrons. The number of carbonyl (C=O) groups is 1. The molecule has 1 aliphatic heterocycles. The Morgan fingerprint density at radius 1 is 1.35 bits per heavy atom. The molecule has 0 N–H and O–H groups in total. The molecular weight excluding hydrogens is 392 g/mol. The Hall–Kier alpha value is -3.08. The van der Waals surface area contributed by atoms with Gasteiger partial charge in [0.25, 0.3) is 5.95 Å². The van der Waals surface area contributed by atoms with Gasteiger partial charge in [-0.15, -0.1) is 6.58 Å². The highest BCUT2D eigenvalue weighted by Crippen LogP contribution is 2.42. The maximum atomic E-state index is 13.3. The van der Waals surface area contributed by atoms with Gasteiger partial charge < -0.3 is 13.9 Å². The molecule has 5 nitrogen and oxygen atoms in total. The Labute approximate surface area is 183 Å². The first-order valence-electron chi connectivity index (χ1n) is 10.5. The molecule has 0 saturated heterocycles. The molecule has 2 atom stereocenters. The van der Waals surface area contributed by atoms with Crippen LogP contribution in [0, 0.1) is 6.92 Å². The first-order valence-corrected chi connectivity index (χ1v) is 10.5. The Balaban J connectivity index is 1.90. The van der Waals surface area contributed by atoms with Crippen LogP contribution in [-0.4, -0.2) is 19.2 Å². The van der Waals surface area contributed by atoms with Crippen molar-refractivity contribution >= 4 is 16.9 Å². The van der Waals surface area contributed by atoms with Gasteiger partial charge in [-0.1, -0.05) is 36.8 Å². The largest absolute Gasteiger partial charge is 0.466 e. The van der Waals surface area contributed by atoms with Crippen LogP contribution in [0.3, 0.4) is 0 Å². The van der Waals surface area contributed by atoms with Gasteiger partial charge in [-0.05, 0) is 51.3 Å². The van der Waals surface area contributed by atoms with Crippen LogP contribution in [0.5, 0.6) is 5.95 Å². The number of ether oxygens (including phenoxy) is 2. The number of hydrogen-bond donors (Lipinski definition) is 0. The van der Waals surface area contributed by atoms with Gasteiger partial charge in [0.15, 0.2) is 0 Å². The predicted octanol–water partition coefficient (Wildman–Crippen LogP) is 5.54. The van der Waals surface area contributed by atoms with E-state index < -0.39 is 5.41 Å². The van der Waals surface area contributed by atoms with Crippen molar-refractivity contribution in [3.8, 4) is 5.95 Å². The molecule has 0 aliphatic carbocycles. The molecule has 3 rings (SSSR count). The highest BCUT2D eigenvalue weighted by atomic mass is 16.6. The fourth-order valence-electron chi connectivity index (χ4n) is 4.10. The number of allylic oxidation sites excluding steroid dienone is 3. The molecule has 164 valence electrons. The molecule has 0 saturated carbocycles. The summed E-state index contributed by atoms with van der Waals surface area (Å²) in [7, 11) is 1.38. The lowest BCUT2D eigenvalue weighted by atomic mass is 9.76. The van der Waals surface area contributed by atoms with Crippen LogP contribution in [0.2, 0.25) is 0 Å². The van der Waals surface area contributed by atoms with E-state index in [-0.39, 0.29) is 23.4 Å². The van der Waals surface area contributed by atoms with E-state index in [4.69, 9.17) is 13.9 Å². The van der Waals surface area contributed by atoms with Gasteiger partial charge >= 0.3 is 5.97 Å². The van der Waals surface area contributed by atoms with Gasteiger partial charge in [-0.3, -0.25) is 4.79 Å². The smallest absolute Gasteiger partial charge is 0.333 e. The average molecular weight is 423 g/mol. The van der Waals surface area contributed by atoms with E-state index in [2.05, 4.69) is 12.7 Å². The number of methoxy groups -OCH3 is 1. The number of hydrogen-bond acceptors (Lipinski definition) is 5. The molecule has 1 aromatic carbocycles. The van der Waals surface area contributed by atoms with Crippen LogP contribution in [0.4, 0.5) is 0 Å². The second kappa shape index (κ2) is 8.96. The van der Waals surface area contributed by atoms with Gasteiger partial charge in [0, 0.05) is 17.4 Å². The summed E-state index contributed by atoms with van der Waals surface area (Å²) >= 11 is 0. The fourth-order valence-corrected chi connectivity index (χ4v) is 4.10. The molecule has 0 fully saturated rings. The number of benzene rings is 1. The summed E-state index contributed by atoms with van der Waals surface area (Å²) in [5.41, 5.74) is 3.05. The Bertz CT molecular complexity index is 1130. The van der Waals surface area contributed by atoms with E-state index in [1.807, 2.05) is 45.1 Å². The molecule has 1 aliphatic rings. The predicted molar refractivity (Wildman–Crippen MR) is 123 cm³/mol. The van der Waals surface area contributed by atoms with Crippen molar-refractivity contribution < 1.29 is 18.7 Å². The van der Waals surface area contributed by atoms with Crippen LogP contribution in [-0.2, 0) is 14.9 Å². The van der Waals surface area contributed by atoms with Gasteiger partial charge in [0.1, 0.15) is 11.7 Å². The molecule has 2 heterocycles. The third kappa shape index (κ3) is 4.50. The van der Waals surface area contributed by atoms with Crippen molar-refractivity contribution in [2.24, 2.45) is 0 Å². The topological polar surface area (TPSA) is 65.7 Å². The van der Waals surface area contributed by atoms with Crippen molar-refractivity contribution in [2.75, 3.05) is 7.11 Å². The second-order valence-electron chi connectivity index (χ2n) is 8.45. The van der Waals surface area contributed by atoms with E-state index in [1.165, 1.54) is 7.11 Å². The third-order valence-corrected chi connectivity index (χ3v) is 5.97. The SMILES string of the molecule is C=CC1(C)CC(C=C(C)CCC=C(C)C(=O)OC)Oc2oc3cccc(C)c3c(=O)c21. The first kappa shape index (κ1) is 22.6. The van der Waals surface area contributed by atoms with Crippen LogP contribution in [0.1, 0.15) is 51.2 Å². The van der Waals surface area contributed by atoms with E-state index >= 15 is 0 Å². The van der Waals surface area contributed by atoms with E-state index in [9.17, 15) is 9.59 Å². The summed E-state index contributed by atoms with van der Waals surface area (Å²) in [6.45, 7) is 11.7. The third-order valence-electron chi connectivity index (χ3n) is 5.97. The Kier molecular flexibility index (Phi) is 6.54. The highest BCUT2D eigenvalue weighted by molar-refractivity contribution is 5.87. The number of fused-ring (bicyclic) bond motifs is 2. The minimum absolute atomic E-state index is 0.0562. The quantitative estimate of drug-likeness (QED) is 0.347. The fraction of sp³-hybridized carbons (Fsp3) is 0.385. The maximum Gasteiger partial charge on any atom is 0.333 e. The van der Waals surface area contributed by atoms with Gasteiger partial charge in [0.05, 0.1) is 18.1 Å². The summed E-state index contributed by atoms with van der Waals surface area (Å²) in [6.07, 6.45) is 7.62. The van der Waals surface area contributed by atoms with E-state index in [0.29, 0.717) is 28.5 Å². The number of aryl methyl sites for hydroxylation is 1. The van der Waals surface area contributed by atoms with Crippen molar-refractivity contribution in [1.29, 1.82) is 0 Å². The number of carbonyl (C=O) groups excluding carboxylic acids is 1. The lowest BCUT2D eigenvalue weighted by Crippen LogP contribution is -2.38.